The molecule has 2 aromatic rings. The summed E-state index contributed by atoms with van der Waals surface area (Å²) < 4.78 is 6.98. The van der Waals surface area contributed by atoms with Crippen LogP contribution in [0.1, 0.15) is 43.9 Å². The largest absolute Gasteiger partial charge is 0.461 e. The van der Waals surface area contributed by atoms with Gasteiger partial charge in [-0.25, -0.2) is 4.68 Å². The standard InChI is InChI=1S/C19H24ClN3O3/c1-14-17(19(20)23(22-14)16-9-5-3-6-10-16)13-26-18(25)11-7-4-8-12-21-15(2)24/h3,5-6,9-10H,4,7-8,11-13H2,1-2H3,(H,21,24). The highest BCUT2D eigenvalue weighted by molar-refractivity contribution is 6.30. The minimum absolute atomic E-state index is 0.0345. The molecule has 0 spiro atoms. The first-order valence-corrected chi connectivity index (χ1v) is 9.06. The van der Waals surface area contributed by atoms with E-state index in [1.807, 2.05) is 37.3 Å². The maximum absolute atomic E-state index is 11.9. The second-order valence-electron chi connectivity index (χ2n) is 6.06. The van der Waals surface area contributed by atoms with Crippen LogP contribution in [0.4, 0.5) is 0 Å². The lowest BCUT2D eigenvalue weighted by Crippen LogP contribution is -2.20. The van der Waals surface area contributed by atoms with Gasteiger partial charge in [0.1, 0.15) is 11.8 Å². The third-order valence-electron chi connectivity index (χ3n) is 3.93. The van der Waals surface area contributed by atoms with Crippen molar-refractivity contribution in [2.45, 2.75) is 46.1 Å². The predicted octanol–water partition coefficient (Wildman–Crippen LogP) is 3.57. The molecule has 1 heterocycles. The van der Waals surface area contributed by atoms with Gasteiger partial charge in [0.2, 0.25) is 5.91 Å². The van der Waals surface area contributed by atoms with E-state index >= 15 is 0 Å². The number of ether oxygens (including phenoxy) is 1. The van der Waals surface area contributed by atoms with Gasteiger partial charge in [-0.3, -0.25) is 9.59 Å². The van der Waals surface area contributed by atoms with Crippen LogP contribution in [0, 0.1) is 6.92 Å². The molecule has 6 nitrogen and oxygen atoms in total. The molecule has 0 aliphatic rings. The van der Waals surface area contributed by atoms with Crippen molar-refractivity contribution in [2.24, 2.45) is 0 Å². The van der Waals surface area contributed by atoms with Crippen molar-refractivity contribution in [3.8, 4) is 5.69 Å². The molecule has 1 aromatic carbocycles. The molecule has 0 bridgehead atoms. The maximum Gasteiger partial charge on any atom is 0.306 e. The van der Waals surface area contributed by atoms with Crippen molar-refractivity contribution in [1.82, 2.24) is 15.1 Å². The second-order valence-corrected chi connectivity index (χ2v) is 6.41. The number of esters is 1. The van der Waals surface area contributed by atoms with E-state index in [1.165, 1.54) is 6.92 Å². The molecule has 7 heteroatoms. The Balaban J connectivity index is 1.79. The number of nitrogens with zero attached hydrogens (tertiary/aromatic N) is 2. The zero-order valence-electron chi connectivity index (χ0n) is 15.1. The van der Waals surface area contributed by atoms with E-state index in [0.29, 0.717) is 18.1 Å². The number of benzene rings is 1. The molecule has 0 aliphatic carbocycles. The lowest BCUT2D eigenvalue weighted by molar-refractivity contribution is -0.145. The third kappa shape index (κ3) is 5.88. The lowest BCUT2D eigenvalue weighted by atomic mass is 10.2. The van der Waals surface area contributed by atoms with Crippen LogP contribution in [-0.4, -0.2) is 28.2 Å². The summed E-state index contributed by atoms with van der Waals surface area (Å²) in [5.41, 5.74) is 2.31. The van der Waals surface area contributed by atoms with Crippen molar-refractivity contribution >= 4 is 23.5 Å². The Bertz CT molecular complexity index is 744. The molecule has 0 saturated heterocycles. The summed E-state index contributed by atoms with van der Waals surface area (Å²) >= 11 is 6.41. The van der Waals surface area contributed by atoms with Gasteiger partial charge >= 0.3 is 5.97 Å². The number of rotatable bonds is 9. The van der Waals surface area contributed by atoms with Crippen molar-refractivity contribution < 1.29 is 14.3 Å². The number of para-hydroxylation sites is 1. The van der Waals surface area contributed by atoms with Gasteiger partial charge in [0.05, 0.1) is 11.4 Å². The maximum atomic E-state index is 11.9. The Morgan fingerprint density at radius 3 is 2.62 bits per heavy atom. The molecule has 0 aliphatic heterocycles. The smallest absolute Gasteiger partial charge is 0.306 e. The second kappa shape index (κ2) is 9.97. The first kappa shape index (κ1) is 20.0. The highest BCUT2D eigenvalue weighted by Gasteiger charge is 2.16. The fraction of sp³-hybridized carbons (Fsp3) is 0.421. The van der Waals surface area contributed by atoms with Crippen LogP contribution in [0.5, 0.6) is 0 Å². The number of nitrogens with one attached hydrogen (secondary N) is 1. The summed E-state index contributed by atoms with van der Waals surface area (Å²) in [6.45, 7) is 4.08. The minimum Gasteiger partial charge on any atom is -0.461 e. The van der Waals surface area contributed by atoms with Gasteiger partial charge in [0.25, 0.3) is 0 Å². The van der Waals surface area contributed by atoms with Gasteiger partial charge in [-0.1, -0.05) is 36.2 Å². The number of aromatic nitrogens is 2. The van der Waals surface area contributed by atoms with E-state index < -0.39 is 0 Å². The summed E-state index contributed by atoms with van der Waals surface area (Å²) in [5.74, 6) is -0.292. The topological polar surface area (TPSA) is 73.2 Å². The van der Waals surface area contributed by atoms with Gasteiger partial charge < -0.3 is 10.1 Å². The summed E-state index contributed by atoms with van der Waals surface area (Å²) in [4.78, 5) is 22.6. The van der Waals surface area contributed by atoms with Gasteiger partial charge in [0, 0.05) is 25.5 Å². The molecule has 0 radical (unpaired) electrons. The SMILES string of the molecule is CC(=O)NCCCCCC(=O)OCc1c(C)nn(-c2ccccc2)c1Cl. The van der Waals surface area contributed by atoms with Gasteiger partial charge in [0.15, 0.2) is 0 Å². The Labute approximate surface area is 158 Å². The number of hydrogen-bond acceptors (Lipinski definition) is 4. The Morgan fingerprint density at radius 2 is 1.92 bits per heavy atom. The monoisotopic (exact) mass is 377 g/mol. The average molecular weight is 378 g/mol. The number of carbonyl (C=O) groups excluding carboxylic acids is 2. The molecule has 26 heavy (non-hydrogen) atoms. The molecule has 0 fully saturated rings. The van der Waals surface area contributed by atoms with Gasteiger partial charge in [-0.15, -0.1) is 0 Å². The molecule has 1 N–H and O–H groups in total. The molecule has 1 amide bonds. The van der Waals surface area contributed by atoms with Gasteiger partial charge in [-0.2, -0.15) is 5.10 Å². The Morgan fingerprint density at radius 1 is 1.19 bits per heavy atom. The minimum atomic E-state index is -0.257. The van der Waals surface area contributed by atoms with E-state index in [9.17, 15) is 9.59 Å². The average Bonchev–Trinajstić information content (AvgIpc) is 2.91. The molecule has 0 saturated carbocycles. The Hall–Kier alpha value is -2.34. The highest BCUT2D eigenvalue weighted by atomic mass is 35.5. The van der Waals surface area contributed by atoms with Crippen molar-refractivity contribution in [3.63, 3.8) is 0 Å². The van der Waals surface area contributed by atoms with E-state index in [1.54, 1.807) is 4.68 Å². The molecule has 0 atom stereocenters. The summed E-state index contributed by atoms with van der Waals surface area (Å²) in [7, 11) is 0. The molecule has 2 rings (SSSR count). The number of amides is 1. The van der Waals surface area contributed by atoms with E-state index in [4.69, 9.17) is 16.3 Å². The summed E-state index contributed by atoms with van der Waals surface area (Å²) in [5, 5.41) is 7.61. The first-order chi connectivity index (χ1) is 12.5. The lowest BCUT2D eigenvalue weighted by Gasteiger charge is -2.06. The van der Waals surface area contributed by atoms with E-state index in [0.717, 1.165) is 36.2 Å². The fourth-order valence-corrected chi connectivity index (χ4v) is 2.82. The number of halogens is 1. The predicted molar refractivity (Wildman–Crippen MR) is 100 cm³/mol. The Kier molecular flexibility index (Phi) is 7.66. The van der Waals surface area contributed by atoms with Crippen molar-refractivity contribution in [1.29, 1.82) is 0 Å². The molecule has 140 valence electrons. The number of hydrogen-bond donors (Lipinski definition) is 1. The van der Waals surface area contributed by atoms with Crippen LogP contribution < -0.4 is 5.32 Å². The molecular formula is C19H24ClN3O3. The normalized spacial score (nSPS) is 10.6. The zero-order chi connectivity index (χ0) is 18.9. The highest BCUT2D eigenvalue weighted by Crippen LogP contribution is 2.24. The number of carbonyl (C=O) groups is 2. The van der Waals surface area contributed by atoms with Crippen LogP contribution in [0.3, 0.4) is 0 Å². The van der Waals surface area contributed by atoms with Crippen molar-refractivity contribution in [3.05, 3.63) is 46.7 Å². The zero-order valence-corrected chi connectivity index (χ0v) is 15.9. The number of aryl methyl sites for hydroxylation is 1. The fourth-order valence-electron chi connectivity index (χ4n) is 2.50. The molecule has 0 unspecified atom stereocenters. The summed E-state index contributed by atoms with van der Waals surface area (Å²) in [6.07, 6.45) is 2.79. The number of unbranched alkanes of at least 4 members (excludes halogenated alkanes) is 2. The van der Waals surface area contributed by atoms with Crippen molar-refractivity contribution in [2.75, 3.05) is 6.54 Å². The van der Waals surface area contributed by atoms with Crippen LogP contribution in [0.15, 0.2) is 30.3 Å². The van der Waals surface area contributed by atoms with E-state index in [-0.39, 0.29) is 18.5 Å². The van der Waals surface area contributed by atoms with Crippen LogP contribution in [-0.2, 0) is 20.9 Å². The molecule has 1 aromatic heterocycles. The van der Waals surface area contributed by atoms with Crippen LogP contribution >= 0.6 is 11.6 Å². The third-order valence-corrected chi connectivity index (χ3v) is 4.32. The summed E-state index contributed by atoms with van der Waals surface area (Å²) in [6, 6.07) is 9.57. The molecular weight excluding hydrogens is 354 g/mol. The van der Waals surface area contributed by atoms with Crippen LogP contribution in [0.2, 0.25) is 5.15 Å². The van der Waals surface area contributed by atoms with Crippen LogP contribution in [0.25, 0.3) is 5.69 Å². The van der Waals surface area contributed by atoms with E-state index in [2.05, 4.69) is 10.4 Å². The van der Waals surface area contributed by atoms with Gasteiger partial charge in [-0.05, 0) is 31.9 Å². The quantitative estimate of drug-likeness (QED) is 0.535. The first-order valence-electron chi connectivity index (χ1n) is 8.68.